The summed E-state index contributed by atoms with van der Waals surface area (Å²) in [7, 11) is 0. The van der Waals surface area contributed by atoms with Crippen LogP contribution in [0.5, 0.6) is 0 Å². The van der Waals surface area contributed by atoms with Gasteiger partial charge >= 0.3 is 12.2 Å². The summed E-state index contributed by atoms with van der Waals surface area (Å²) in [5.74, 6) is 0. The van der Waals surface area contributed by atoms with Crippen LogP contribution >= 0.6 is 0 Å². The fourth-order valence-electron chi connectivity index (χ4n) is 16.5. The van der Waals surface area contributed by atoms with Crippen molar-refractivity contribution in [3.8, 4) is 0 Å². The maximum absolute atomic E-state index is 12.4. The predicted molar refractivity (Wildman–Crippen MR) is 447 cm³/mol. The second-order valence-electron chi connectivity index (χ2n) is 33.4. The Bertz CT molecular complexity index is 1510. The average molecular weight is 1410 g/mol. The van der Waals surface area contributed by atoms with Crippen molar-refractivity contribution in [2.24, 2.45) is 11.5 Å². The molecule has 100 heavy (non-hydrogen) atoms. The van der Waals surface area contributed by atoms with E-state index in [0.29, 0.717) is 6.61 Å². The first kappa shape index (κ1) is 98.5. The molecule has 0 aliphatic carbocycles. The zero-order valence-corrected chi connectivity index (χ0v) is 69.2. The molecule has 0 rings (SSSR count). The highest BCUT2D eigenvalue weighted by Crippen LogP contribution is 2.34. The van der Waals surface area contributed by atoms with E-state index >= 15 is 0 Å². The Labute approximate surface area is 630 Å². The summed E-state index contributed by atoms with van der Waals surface area (Å²) in [6, 6.07) is 0. The Hall–Kier alpha value is -1.46. The zero-order valence-electron chi connectivity index (χ0n) is 69.2. The van der Waals surface area contributed by atoms with Gasteiger partial charge in [-0.25, -0.2) is 9.59 Å². The minimum absolute atomic E-state index is 0.346. The molecule has 6 heteroatoms. The van der Waals surface area contributed by atoms with E-state index < -0.39 is 17.8 Å². The number of rotatable bonds is 91. The van der Waals surface area contributed by atoms with Crippen molar-refractivity contribution in [2.45, 2.75) is 584 Å². The van der Waals surface area contributed by atoms with Crippen LogP contribution in [0.25, 0.3) is 0 Å². The van der Waals surface area contributed by atoms with Crippen molar-refractivity contribution in [1.82, 2.24) is 0 Å². The molecule has 0 bridgehead atoms. The molecular formula is C94H188N2O4. The van der Waals surface area contributed by atoms with Crippen LogP contribution in [0, 0.1) is 0 Å². The molecule has 0 aromatic carbocycles. The third kappa shape index (κ3) is 85.5. The Morgan fingerprint density at radius 2 is 0.300 bits per heavy atom. The van der Waals surface area contributed by atoms with E-state index in [9.17, 15) is 9.59 Å². The Morgan fingerprint density at radius 1 is 0.180 bits per heavy atom. The molecule has 1 atom stereocenters. The molecule has 0 saturated heterocycles. The number of hydrogen-bond acceptors (Lipinski definition) is 4. The highest BCUT2D eigenvalue weighted by Gasteiger charge is 2.32. The molecule has 598 valence electrons. The predicted octanol–water partition coefficient (Wildman–Crippen LogP) is 34.3. The van der Waals surface area contributed by atoms with Crippen LogP contribution in [-0.4, -0.2) is 24.4 Å². The number of ether oxygens (including phenoxy) is 2. The number of carbonyl (C=O) groups excluding carboxylic acids is 2. The van der Waals surface area contributed by atoms with E-state index in [4.69, 9.17) is 20.9 Å². The van der Waals surface area contributed by atoms with Gasteiger partial charge in [0.1, 0.15) is 5.60 Å². The van der Waals surface area contributed by atoms with Crippen molar-refractivity contribution in [3.05, 3.63) is 0 Å². The van der Waals surface area contributed by atoms with Crippen molar-refractivity contribution < 1.29 is 19.1 Å². The van der Waals surface area contributed by atoms with Crippen LogP contribution in [0.1, 0.15) is 579 Å². The summed E-state index contributed by atoms with van der Waals surface area (Å²) in [6.45, 7) is 4.97. The molecule has 0 fully saturated rings. The number of carbonyl (C=O) groups is 2. The first-order valence-electron chi connectivity index (χ1n) is 47.4. The lowest BCUT2D eigenvalue weighted by Gasteiger charge is -2.33. The van der Waals surface area contributed by atoms with Gasteiger partial charge in [-0.2, -0.15) is 0 Å². The minimum atomic E-state index is -0.712. The average Bonchev–Trinajstić information content (AvgIpc) is 0.873. The molecule has 0 heterocycles. The van der Waals surface area contributed by atoms with Crippen LogP contribution in [0.4, 0.5) is 9.59 Å². The monoisotopic (exact) mass is 1410 g/mol. The summed E-state index contributed by atoms with van der Waals surface area (Å²) in [6.07, 6.45) is 121. The summed E-state index contributed by atoms with van der Waals surface area (Å²) in [5.41, 5.74) is 10.5. The molecule has 0 aliphatic heterocycles. The van der Waals surface area contributed by atoms with E-state index in [1.807, 2.05) is 0 Å². The number of nitrogens with two attached hydrogens (primary N) is 2. The van der Waals surface area contributed by atoms with Gasteiger partial charge in [0.05, 0.1) is 6.61 Å². The van der Waals surface area contributed by atoms with Gasteiger partial charge in [0, 0.05) is 0 Å². The van der Waals surface area contributed by atoms with Gasteiger partial charge in [0.25, 0.3) is 0 Å². The Kier molecular flexibility index (Phi) is 86.9. The highest BCUT2D eigenvalue weighted by atomic mass is 16.6. The lowest BCUT2D eigenvalue weighted by Crippen LogP contribution is -2.37. The molecule has 0 saturated carbocycles. The molecule has 0 aliphatic rings. The van der Waals surface area contributed by atoms with E-state index in [-0.39, 0.29) is 0 Å². The smallest absolute Gasteiger partial charge is 0.405 e. The fourth-order valence-corrected chi connectivity index (χ4v) is 16.5. The quantitative estimate of drug-likeness (QED) is 0.0592. The minimum Gasteiger partial charge on any atom is -0.450 e. The maximum Gasteiger partial charge on any atom is 0.405 e. The summed E-state index contributed by atoms with van der Waals surface area (Å²) >= 11 is 0. The second kappa shape index (κ2) is 88.2. The molecule has 0 spiro atoms. The summed E-state index contributed by atoms with van der Waals surface area (Å²) < 4.78 is 11.1. The summed E-state index contributed by atoms with van der Waals surface area (Å²) in [5, 5.41) is 0. The van der Waals surface area contributed by atoms with Crippen LogP contribution < -0.4 is 11.5 Å². The summed E-state index contributed by atoms with van der Waals surface area (Å²) in [4.78, 5) is 23.4. The first-order chi connectivity index (χ1) is 49.5. The lowest BCUT2D eigenvalue weighted by atomic mass is 9.84. The molecular weight excluding hydrogens is 1220 g/mol. The molecule has 4 N–H and O–H groups in total. The number of hydrogen-bond donors (Lipinski definition) is 2. The van der Waals surface area contributed by atoms with Gasteiger partial charge in [-0.1, -0.05) is 528 Å². The van der Waals surface area contributed by atoms with Crippen LogP contribution in [0.3, 0.4) is 0 Å². The maximum atomic E-state index is 12.4. The van der Waals surface area contributed by atoms with E-state index in [1.165, 1.54) is 514 Å². The second-order valence-corrected chi connectivity index (χ2v) is 33.4. The van der Waals surface area contributed by atoms with Crippen molar-refractivity contribution in [3.63, 3.8) is 0 Å². The molecule has 0 aromatic heterocycles. The third-order valence-corrected chi connectivity index (χ3v) is 23.3. The Balaban J connectivity index is 3.75. The molecule has 2 amide bonds. The topological polar surface area (TPSA) is 105 Å². The van der Waals surface area contributed by atoms with Gasteiger partial charge in [-0.05, 0) is 51.4 Å². The van der Waals surface area contributed by atoms with E-state index in [2.05, 4.69) is 13.8 Å². The molecule has 0 radical (unpaired) electrons. The van der Waals surface area contributed by atoms with E-state index in [1.54, 1.807) is 0 Å². The van der Waals surface area contributed by atoms with Gasteiger partial charge in [-0.3, -0.25) is 0 Å². The highest BCUT2D eigenvalue weighted by molar-refractivity contribution is 5.65. The van der Waals surface area contributed by atoms with Gasteiger partial charge in [0.15, 0.2) is 0 Å². The van der Waals surface area contributed by atoms with Gasteiger partial charge in [0.2, 0.25) is 0 Å². The SMILES string of the molecule is CCCCCCCCCCCCCCCCCCCCCCCCCCCCCCCCCCCCCCCCCCCCCCC(CCCCCCCCCCCCCCCCCCCCCCCCCCCCCCCCCCCCCCCC)(CCCCCOC(N)=O)OC(N)=O. The number of amides is 2. The standard InChI is InChI=1S/C94H188N2O4/c1-3-5-7-9-11-13-15-17-19-21-23-25-27-29-31-33-35-37-39-41-43-44-45-46-47-48-50-52-54-56-58-60-62-64-66-68-70-72-74-76-78-80-82-85-89-94(100-93(96)98,90-86-83-87-91-99-92(95)97)88-84-81-79-77-75-73-71-69-67-65-63-61-59-57-55-53-51-49-42-40-38-36-34-32-30-28-26-24-22-20-18-16-14-12-10-8-6-4-2/h3-91H2,1-2H3,(H2,95,97)(H2,96,98). The zero-order chi connectivity index (χ0) is 72.0. The number of unbranched alkanes of at least 4 members (excludes halogenated alkanes) is 82. The lowest BCUT2D eigenvalue weighted by molar-refractivity contribution is -0.00989. The van der Waals surface area contributed by atoms with Gasteiger partial charge in [-0.15, -0.1) is 0 Å². The molecule has 6 nitrogen and oxygen atoms in total. The van der Waals surface area contributed by atoms with Crippen LogP contribution in [0.15, 0.2) is 0 Å². The third-order valence-electron chi connectivity index (χ3n) is 23.3. The van der Waals surface area contributed by atoms with Crippen molar-refractivity contribution in [1.29, 1.82) is 0 Å². The van der Waals surface area contributed by atoms with E-state index in [0.717, 1.165) is 51.4 Å². The number of primary amides is 2. The van der Waals surface area contributed by atoms with Crippen LogP contribution in [0.2, 0.25) is 0 Å². The molecule has 1 unspecified atom stereocenters. The molecule has 0 aromatic rings. The normalized spacial score (nSPS) is 12.3. The van der Waals surface area contributed by atoms with Crippen LogP contribution in [-0.2, 0) is 9.47 Å². The fraction of sp³-hybridized carbons (Fsp3) is 0.979. The van der Waals surface area contributed by atoms with Crippen molar-refractivity contribution >= 4 is 12.2 Å². The van der Waals surface area contributed by atoms with Crippen molar-refractivity contribution in [2.75, 3.05) is 6.61 Å². The largest absolute Gasteiger partial charge is 0.450 e. The Morgan fingerprint density at radius 3 is 0.420 bits per heavy atom. The van der Waals surface area contributed by atoms with Gasteiger partial charge < -0.3 is 20.9 Å². The first-order valence-corrected chi connectivity index (χ1v) is 47.4.